The smallest absolute Gasteiger partial charge is 0.251 e. The van der Waals surface area contributed by atoms with Gasteiger partial charge in [-0.3, -0.25) is 4.79 Å². The van der Waals surface area contributed by atoms with E-state index in [2.05, 4.69) is 20.3 Å². The average Bonchev–Trinajstić information content (AvgIpc) is 2.77. The molecule has 0 saturated heterocycles. The van der Waals surface area contributed by atoms with Gasteiger partial charge in [-0.2, -0.15) is 0 Å². The van der Waals surface area contributed by atoms with Crippen LogP contribution < -0.4 is 5.32 Å². The number of hydrogen-bond donors (Lipinski definition) is 2. The van der Waals surface area contributed by atoms with Crippen LogP contribution in [-0.4, -0.2) is 20.9 Å². The molecule has 0 atom stereocenters. The van der Waals surface area contributed by atoms with E-state index < -0.39 is 0 Å². The molecule has 0 radical (unpaired) electrons. The zero-order valence-electron chi connectivity index (χ0n) is 8.58. The van der Waals surface area contributed by atoms with Crippen LogP contribution in [0.25, 0.3) is 0 Å². The summed E-state index contributed by atoms with van der Waals surface area (Å²) in [7, 11) is 0. The maximum Gasteiger partial charge on any atom is 0.251 e. The van der Waals surface area contributed by atoms with Gasteiger partial charge in [0, 0.05) is 18.0 Å². The lowest BCUT2D eigenvalue weighted by Gasteiger charge is -2.04. The third kappa shape index (κ3) is 3.18. The van der Waals surface area contributed by atoms with Crippen molar-refractivity contribution in [1.29, 1.82) is 0 Å². The standard InChI is InChI=1S/C10H8Cl2N4O/c11-7-3-6(4-8(12)16-7)10(17)15-5-9-13-1-2-14-9/h1-4H,5H2,(H,13,14)(H,15,17). The lowest BCUT2D eigenvalue weighted by molar-refractivity contribution is 0.0950. The van der Waals surface area contributed by atoms with E-state index in [9.17, 15) is 4.79 Å². The molecular weight excluding hydrogens is 263 g/mol. The van der Waals surface area contributed by atoms with Gasteiger partial charge in [-0.15, -0.1) is 0 Å². The van der Waals surface area contributed by atoms with Crippen LogP contribution in [0.3, 0.4) is 0 Å². The van der Waals surface area contributed by atoms with E-state index in [4.69, 9.17) is 23.2 Å². The highest BCUT2D eigenvalue weighted by Gasteiger charge is 2.08. The van der Waals surface area contributed by atoms with Gasteiger partial charge in [0.15, 0.2) is 0 Å². The minimum atomic E-state index is -0.285. The van der Waals surface area contributed by atoms with Gasteiger partial charge in [0.2, 0.25) is 0 Å². The molecule has 0 aromatic carbocycles. The van der Waals surface area contributed by atoms with Crippen LogP contribution in [0.5, 0.6) is 0 Å². The van der Waals surface area contributed by atoms with Crippen molar-refractivity contribution < 1.29 is 4.79 Å². The molecule has 17 heavy (non-hydrogen) atoms. The number of carbonyl (C=O) groups excluding carboxylic acids is 1. The number of aromatic amines is 1. The Kier molecular flexibility index (Phi) is 3.61. The molecule has 2 N–H and O–H groups in total. The number of pyridine rings is 1. The van der Waals surface area contributed by atoms with E-state index in [-0.39, 0.29) is 16.2 Å². The highest BCUT2D eigenvalue weighted by atomic mass is 35.5. The highest BCUT2D eigenvalue weighted by Crippen LogP contribution is 2.14. The molecule has 0 saturated carbocycles. The summed E-state index contributed by atoms with van der Waals surface area (Å²) in [6.45, 7) is 0.309. The molecule has 2 aromatic rings. The topological polar surface area (TPSA) is 70.7 Å². The van der Waals surface area contributed by atoms with Gasteiger partial charge in [-0.25, -0.2) is 9.97 Å². The number of halogens is 2. The molecule has 0 bridgehead atoms. The van der Waals surface area contributed by atoms with Crippen molar-refractivity contribution in [3.8, 4) is 0 Å². The van der Waals surface area contributed by atoms with Crippen molar-refractivity contribution in [3.63, 3.8) is 0 Å². The first-order chi connectivity index (χ1) is 8.15. The molecule has 2 heterocycles. The maximum atomic E-state index is 11.7. The molecule has 0 aliphatic carbocycles. The maximum absolute atomic E-state index is 11.7. The van der Waals surface area contributed by atoms with Crippen LogP contribution in [0, 0.1) is 0 Å². The summed E-state index contributed by atoms with van der Waals surface area (Å²) in [4.78, 5) is 22.4. The Morgan fingerprint density at radius 2 is 2.06 bits per heavy atom. The Hall–Kier alpha value is -1.59. The van der Waals surface area contributed by atoms with E-state index >= 15 is 0 Å². The second kappa shape index (κ2) is 5.16. The van der Waals surface area contributed by atoms with E-state index in [1.54, 1.807) is 12.4 Å². The Balaban J connectivity index is 2.04. The van der Waals surface area contributed by atoms with Crippen LogP contribution in [0.15, 0.2) is 24.5 Å². The number of imidazole rings is 1. The first-order valence-electron chi connectivity index (χ1n) is 4.74. The number of hydrogen-bond acceptors (Lipinski definition) is 3. The molecule has 2 rings (SSSR count). The molecule has 7 heteroatoms. The number of nitrogens with zero attached hydrogens (tertiary/aromatic N) is 2. The summed E-state index contributed by atoms with van der Waals surface area (Å²) in [5.41, 5.74) is 0.363. The minimum absolute atomic E-state index is 0.181. The summed E-state index contributed by atoms with van der Waals surface area (Å²) in [5, 5.41) is 3.04. The first-order valence-corrected chi connectivity index (χ1v) is 5.50. The predicted molar refractivity (Wildman–Crippen MR) is 64.0 cm³/mol. The molecule has 5 nitrogen and oxygen atoms in total. The van der Waals surface area contributed by atoms with Gasteiger partial charge in [-0.1, -0.05) is 23.2 Å². The molecule has 0 spiro atoms. The van der Waals surface area contributed by atoms with E-state index in [0.717, 1.165) is 0 Å². The van der Waals surface area contributed by atoms with Gasteiger partial charge in [0.05, 0.1) is 6.54 Å². The van der Waals surface area contributed by atoms with Crippen LogP contribution in [0.2, 0.25) is 10.3 Å². The van der Waals surface area contributed by atoms with Gasteiger partial charge >= 0.3 is 0 Å². The zero-order chi connectivity index (χ0) is 12.3. The molecule has 0 aliphatic rings. The molecular formula is C10H8Cl2N4O. The molecule has 0 aliphatic heterocycles. The zero-order valence-corrected chi connectivity index (χ0v) is 10.1. The highest BCUT2D eigenvalue weighted by molar-refractivity contribution is 6.33. The van der Waals surface area contributed by atoms with Crippen LogP contribution >= 0.6 is 23.2 Å². The summed E-state index contributed by atoms with van der Waals surface area (Å²) >= 11 is 11.4. The summed E-state index contributed by atoms with van der Waals surface area (Å²) < 4.78 is 0. The summed E-state index contributed by atoms with van der Waals surface area (Å²) in [6, 6.07) is 2.90. The third-order valence-electron chi connectivity index (χ3n) is 2.00. The lowest BCUT2D eigenvalue weighted by Crippen LogP contribution is -2.23. The van der Waals surface area contributed by atoms with Crippen LogP contribution in [0.1, 0.15) is 16.2 Å². The fourth-order valence-corrected chi connectivity index (χ4v) is 1.72. The van der Waals surface area contributed by atoms with Crippen molar-refractivity contribution in [2.24, 2.45) is 0 Å². The normalized spacial score (nSPS) is 10.2. The second-order valence-corrected chi connectivity index (χ2v) is 3.99. The quantitative estimate of drug-likeness (QED) is 0.839. The summed E-state index contributed by atoms with van der Waals surface area (Å²) in [6.07, 6.45) is 3.29. The number of H-pyrrole nitrogens is 1. The minimum Gasteiger partial charge on any atom is -0.347 e. The monoisotopic (exact) mass is 270 g/mol. The Bertz CT molecular complexity index is 507. The number of rotatable bonds is 3. The number of carbonyl (C=O) groups is 1. The fourth-order valence-electron chi connectivity index (χ4n) is 1.26. The molecule has 0 unspecified atom stereocenters. The molecule has 1 amide bonds. The number of aromatic nitrogens is 3. The van der Waals surface area contributed by atoms with Crippen molar-refractivity contribution in [2.45, 2.75) is 6.54 Å². The average molecular weight is 271 g/mol. The SMILES string of the molecule is O=C(NCc1ncc[nH]1)c1cc(Cl)nc(Cl)c1. The van der Waals surface area contributed by atoms with Crippen molar-refractivity contribution in [1.82, 2.24) is 20.3 Å². The Morgan fingerprint density at radius 1 is 1.35 bits per heavy atom. The predicted octanol–water partition coefficient (Wildman–Crippen LogP) is 2.04. The number of nitrogens with one attached hydrogen (secondary N) is 2. The van der Waals surface area contributed by atoms with Gasteiger partial charge < -0.3 is 10.3 Å². The van der Waals surface area contributed by atoms with Crippen LogP contribution in [-0.2, 0) is 6.54 Å². The number of amides is 1. The fraction of sp³-hybridized carbons (Fsp3) is 0.100. The van der Waals surface area contributed by atoms with E-state index in [1.807, 2.05) is 0 Å². The molecule has 88 valence electrons. The molecule has 2 aromatic heterocycles. The van der Waals surface area contributed by atoms with Crippen molar-refractivity contribution in [2.75, 3.05) is 0 Å². The van der Waals surface area contributed by atoms with Gasteiger partial charge in [-0.05, 0) is 12.1 Å². The van der Waals surface area contributed by atoms with Crippen molar-refractivity contribution in [3.05, 3.63) is 46.2 Å². The second-order valence-electron chi connectivity index (χ2n) is 3.22. The van der Waals surface area contributed by atoms with Crippen molar-refractivity contribution >= 4 is 29.1 Å². The lowest BCUT2D eigenvalue weighted by atomic mass is 10.2. The van der Waals surface area contributed by atoms with Gasteiger partial charge in [0.25, 0.3) is 5.91 Å². The third-order valence-corrected chi connectivity index (χ3v) is 2.38. The van der Waals surface area contributed by atoms with Crippen LogP contribution in [0.4, 0.5) is 0 Å². The summed E-state index contributed by atoms with van der Waals surface area (Å²) in [5.74, 6) is 0.386. The largest absolute Gasteiger partial charge is 0.347 e. The van der Waals surface area contributed by atoms with Gasteiger partial charge in [0.1, 0.15) is 16.1 Å². The van der Waals surface area contributed by atoms with E-state index in [1.165, 1.54) is 12.1 Å². The van der Waals surface area contributed by atoms with E-state index in [0.29, 0.717) is 17.9 Å². The Labute approximate surface area is 107 Å². The molecule has 0 fully saturated rings. The Morgan fingerprint density at radius 3 is 2.65 bits per heavy atom. The first kappa shape index (κ1) is 11.9.